The SMILES string of the molecule is CC(=O)C(Cc1ccccc1)Cc1ccccc1.[Pd].[Pd]. The van der Waals surface area contributed by atoms with Crippen LogP contribution in [0.15, 0.2) is 60.7 Å². The van der Waals surface area contributed by atoms with E-state index in [2.05, 4.69) is 24.3 Å². The molecule has 0 heterocycles. The number of rotatable bonds is 5. The minimum absolute atomic E-state index is 0. The van der Waals surface area contributed by atoms with Gasteiger partial charge in [0.1, 0.15) is 5.78 Å². The summed E-state index contributed by atoms with van der Waals surface area (Å²) in [6, 6.07) is 20.4. The van der Waals surface area contributed by atoms with Crippen LogP contribution in [0.25, 0.3) is 0 Å². The molecule has 0 aliphatic rings. The van der Waals surface area contributed by atoms with Crippen molar-refractivity contribution in [2.75, 3.05) is 0 Å². The van der Waals surface area contributed by atoms with Crippen LogP contribution in [-0.4, -0.2) is 5.78 Å². The molecule has 0 saturated carbocycles. The zero-order valence-electron chi connectivity index (χ0n) is 11.3. The van der Waals surface area contributed by atoms with E-state index < -0.39 is 0 Å². The molecule has 0 radical (unpaired) electrons. The van der Waals surface area contributed by atoms with Gasteiger partial charge >= 0.3 is 0 Å². The fourth-order valence-corrected chi connectivity index (χ4v) is 2.16. The molecule has 2 aromatic rings. The summed E-state index contributed by atoms with van der Waals surface area (Å²) >= 11 is 0. The molecule has 20 heavy (non-hydrogen) atoms. The number of hydrogen-bond donors (Lipinski definition) is 0. The van der Waals surface area contributed by atoms with Crippen molar-refractivity contribution >= 4 is 5.78 Å². The van der Waals surface area contributed by atoms with E-state index in [1.54, 1.807) is 6.92 Å². The van der Waals surface area contributed by atoms with Crippen LogP contribution in [0.3, 0.4) is 0 Å². The zero-order chi connectivity index (χ0) is 12.8. The van der Waals surface area contributed by atoms with Crippen LogP contribution in [0.5, 0.6) is 0 Å². The molecule has 0 saturated heterocycles. The van der Waals surface area contributed by atoms with Gasteiger partial charge in [-0.15, -0.1) is 0 Å². The Morgan fingerprint density at radius 1 is 0.800 bits per heavy atom. The van der Waals surface area contributed by atoms with E-state index in [4.69, 9.17) is 0 Å². The summed E-state index contributed by atoms with van der Waals surface area (Å²) < 4.78 is 0. The van der Waals surface area contributed by atoms with Crippen molar-refractivity contribution in [3.63, 3.8) is 0 Å². The second-order valence-corrected chi connectivity index (χ2v) is 4.69. The molecule has 0 fully saturated rings. The van der Waals surface area contributed by atoms with E-state index >= 15 is 0 Å². The largest absolute Gasteiger partial charge is 0.300 e. The normalized spacial score (nSPS) is 9.50. The van der Waals surface area contributed by atoms with Crippen LogP contribution in [0.1, 0.15) is 18.1 Å². The molecule has 0 N–H and O–H groups in total. The summed E-state index contributed by atoms with van der Waals surface area (Å²) in [6.07, 6.45) is 1.65. The van der Waals surface area contributed by atoms with E-state index in [-0.39, 0.29) is 52.5 Å². The van der Waals surface area contributed by atoms with Crippen molar-refractivity contribution in [2.24, 2.45) is 5.92 Å². The first-order valence-corrected chi connectivity index (χ1v) is 6.34. The summed E-state index contributed by atoms with van der Waals surface area (Å²) in [6.45, 7) is 1.69. The first kappa shape index (κ1) is 19.4. The maximum absolute atomic E-state index is 11.8. The van der Waals surface area contributed by atoms with E-state index in [1.165, 1.54) is 11.1 Å². The molecule has 1 nitrogen and oxygen atoms in total. The number of carbonyl (C=O) groups excluding carboxylic acids is 1. The van der Waals surface area contributed by atoms with Gasteiger partial charge in [-0.1, -0.05) is 60.7 Å². The summed E-state index contributed by atoms with van der Waals surface area (Å²) in [5, 5.41) is 0. The van der Waals surface area contributed by atoms with Gasteiger partial charge in [0, 0.05) is 46.8 Å². The number of benzene rings is 2. The molecular formula is C17H18OPd2. The Morgan fingerprint density at radius 3 is 1.45 bits per heavy atom. The molecule has 2 aromatic carbocycles. The maximum atomic E-state index is 11.8. The summed E-state index contributed by atoms with van der Waals surface area (Å²) in [7, 11) is 0. The van der Waals surface area contributed by atoms with Crippen molar-refractivity contribution in [1.29, 1.82) is 0 Å². The van der Waals surface area contributed by atoms with E-state index in [1.807, 2.05) is 36.4 Å². The number of carbonyl (C=O) groups is 1. The average Bonchev–Trinajstić information content (AvgIpc) is 2.40. The van der Waals surface area contributed by atoms with Crippen molar-refractivity contribution in [3.8, 4) is 0 Å². The van der Waals surface area contributed by atoms with Crippen LogP contribution in [-0.2, 0) is 58.5 Å². The zero-order valence-corrected chi connectivity index (χ0v) is 14.4. The third-order valence-corrected chi connectivity index (χ3v) is 3.22. The van der Waals surface area contributed by atoms with Gasteiger partial charge in [0.25, 0.3) is 0 Å². The monoisotopic (exact) mass is 450 g/mol. The Balaban J connectivity index is 0.00000180. The Hall–Kier alpha value is -0.565. The Kier molecular flexibility index (Phi) is 9.91. The van der Waals surface area contributed by atoms with E-state index in [0.717, 1.165) is 12.8 Å². The Morgan fingerprint density at radius 2 is 1.15 bits per heavy atom. The first-order chi connectivity index (χ1) is 8.75. The number of ketones is 1. The average molecular weight is 451 g/mol. The fraction of sp³-hybridized carbons (Fsp3) is 0.235. The van der Waals surface area contributed by atoms with Gasteiger partial charge in [-0.25, -0.2) is 0 Å². The molecule has 0 aromatic heterocycles. The summed E-state index contributed by atoms with van der Waals surface area (Å²) in [5.74, 6) is 0.345. The molecule has 0 spiro atoms. The molecule has 3 heteroatoms. The predicted octanol–water partition coefficient (Wildman–Crippen LogP) is 3.67. The topological polar surface area (TPSA) is 17.1 Å². The molecule has 112 valence electrons. The molecule has 0 unspecified atom stereocenters. The van der Waals surface area contributed by atoms with Gasteiger partial charge in [0.15, 0.2) is 0 Å². The van der Waals surface area contributed by atoms with Crippen molar-refractivity contribution in [1.82, 2.24) is 0 Å². The van der Waals surface area contributed by atoms with E-state index in [9.17, 15) is 4.79 Å². The van der Waals surface area contributed by atoms with Gasteiger partial charge in [-0.3, -0.25) is 4.79 Å². The molecule has 2 rings (SSSR count). The van der Waals surface area contributed by atoms with Crippen molar-refractivity contribution < 1.29 is 45.6 Å². The quantitative estimate of drug-likeness (QED) is 0.635. The summed E-state index contributed by atoms with van der Waals surface area (Å²) in [4.78, 5) is 11.8. The second kappa shape index (κ2) is 10.2. The third kappa shape index (κ3) is 6.26. The van der Waals surface area contributed by atoms with Crippen LogP contribution in [0.4, 0.5) is 0 Å². The molecule has 0 aliphatic heterocycles. The minimum atomic E-state index is 0. The van der Waals surface area contributed by atoms with Gasteiger partial charge in [0.05, 0.1) is 0 Å². The third-order valence-electron chi connectivity index (χ3n) is 3.22. The van der Waals surface area contributed by atoms with Crippen LogP contribution in [0, 0.1) is 5.92 Å². The molecule has 0 aliphatic carbocycles. The van der Waals surface area contributed by atoms with Crippen molar-refractivity contribution in [3.05, 3.63) is 71.8 Å². The van der Waals surface area contributed by atoms with Gasteiger partial charge in [0.2, 0.25) is 0 Å². The maximum Gasteiger partial charge on any atom is 0.133 e. The minimum Gasteiger partial charge on any atom is -0.300 e. The molecule has 0 amide bonds. The van der Waals surface area contributed by atoms with Gasteiger partial charge in [-0.05, 0) is 30.9 Å². The standard InChI is InChI=1S/C17H18O.2Pd/c1-14(18)17(12-15-8-4-2-5-9-15)13-16-10-6-3-7-11-16;;/h2-11,17H,12-13H2,1H3;;. The Bertz CT molecular complexity index is 455. The van der Waals surface area contributed by atoms with E-state index in [0.29, 0.717) is 0 Å². The molecule has 0 atom stereocenters. The molecule has 0 bridgehead atoms. The second-order valence-electron chi connectivity index (χ2n) is 4.69. The van der Waals surface area contributed by atoms with Gasteiger partial charge in [-0.2, -0.15) is 0 Å². The Labute approximate surface area is 148 Å². The number of Topliss-reactive ketones (excluding diaryl/α,β-unsaturated/α-hetero) is 1. The van der Waals surface area contributed by atoms with Crippen LogP contribution in [0.2, 0.25) is 0 Å². The number of hydrogen-bond acceptors (Lipinski definition) is 1. The van der Waals surface area contributed by atoms with Crippen LogP contribution >= 0.6 is 0 Å². The summed E-state index contributed by atoms with van der Waals surface area (Å²) in [5.41, 5.74) is 2.46. The molecular weight excluding hydrogens is 433 g/mol. The fourth-order valence-electron chi connectivity index (χ4n) is 2.16. The smallest absolute Gasteiger partial charge is 0.133 e. The first-order valence-electron chi connectivity index (χ1n) is 6.34. The van der Waals surface area contributed by atoms with Gasteiger partial charge < -0.3 is 0 Å². The van der Waals surface area contributed by atoms with Crippen molar-refractivity contribution in [2.45, 2.75) is 19.8 Å². The van der Waals surface area contributed by atoms with Crippen LogP contribution < -0.4 is 0 Å². The predicted molar refractivity (Wildman–Crippen MR) is 74.5 cm³/mol.